The third kappa shape index (κ3) is 8.12. The Bertz CT molecular complexity index is 4710. The molecule has 12 aromatic rings. The maximum absolute atomic E-state index is 18.4. The molecule has 0 saturated heterocycles. The van der Waals surface area contributed by atoms with Crippen molar-refractivity contribution in [1.29, 1.82) is 15.8 Å². The highest BCUT2D eigenvalue weighted by Crippen LogP contribution is 2.50. The van der Waals surface area contributed by atoms with Gasteiger partial charge >= 0.3 is 0 Å². The molecule has 0 bridgehead atoms. The Balaban J connectivity index is 1.20. The SMILES string of the molecule is [2H]c1c([2H])c([2H])c(N(c2cc(-c3cccc(C#N)c3)cc(-c3cccc(C#N)c3)c2F)c2ccc3ccc4c(N(c5cc(-c6cccc([N+]#[C-])c6)cc(-c6cccc(C#N)c6)c5F)c5c([2H])c([2H])c([2H])c([2H])c5[2H])ccc5ccc2c3c54)c([2H])c1[2H]. The molecule has 0 unspecified atom stereocenters. The zero-order chi connectivity index (χ0) is 60.6. The van der Waals surface area contributed by atoms with Crippen LogP contribution in [0, 0.1) is 52.2 Å². The number of hydrogen-bond donors (Lipinski definition) is 0. The lowest BCUT2D eigenvalue weighted by atomic mass is 9.91. The van der Waals surface area contributed by atoms with E-state index >= 15 is 8.78 Å². The highest BCUT2D eigenvalue weighted by Gasteiger charge is 2.27. The van der Waals surface area contributed by atoms with Crippen molar-refractivity contribution in [3.63, 3.8) is 0 Å². The van der Waals surface area contributed by atoms with Gasteiger partial charge in [-0.05, 0) is 158 Å². The van der Waals surface area contributed by atoms with Gasteiger partial charge in [0.05, 0.1) is 77.9 Å². The highest BCUT2D eigenvalue weighted by molar-refractivity contribution is 6.28. The Kier molecular flexibility index (Phi) is 9.15. The van der Waals surface area contributed by atoms with Gasteiger partial charge in [-0.1, -0.05) is 127 Å². The summed E-state index contributed by atoms with van der Waals surface area (Å²) in [7, 11) is 0. The summed E-state index contributed by atoms with van der Waals surface area (Å²) in [6, 6.07) is 44.8. The van der Waals surface area contributed by atoms with Crippen molar-refractivity contribution in [3.05, 3.63) is 270 Å². The summed E-state index contributed by atoms with van der Waals surface area (Å²) < 4.78 is 128. The van der Waals surface area contributed by atoms with Crippen LogP contribution in [0.5, 0.6) is 0 Å². The molecule has 0 spiro atoms. The number of para-hydroxylation sites is 2. The van der Waals surface area contributed by atoms with Gasteiger partial charge in [0.25, 0.3) is 0 Å². The summed E-state index contributed by atoms with van der Waals surface area (Å²) in [6.45, 7) is 7.81. The van der Waals surface area contributed by atoms with E-state index in [1.54, 1.807) is 146 Å². The van der Waals surface area contributed by atoms with Crippen LogP contribution in [0.25, 0.3) is 81.7 Å². The molecule has 0 atom stereocenters. The van der Waals surface area contributed by atoms with Gasteiger partial charge in [0.1, 0.15) is 0 Å². The molecule has 0 aliphatic carbocycles. The number of rotatable bonds is 10. The van der Waals surface area contributed by atoms with E-state index in [0.717, 1.165) is 0 Å². The Labute approximate surface area is 451 Å². The number of halogens is 2. The minimum Gasteiger partial charge on any atom is -0.307 e. The van der Waals surface area contributed by atoms with Crippen LogP contribution >= 0.6 is 0 Å². The van der Waals surface area contributed by atoms with Crippen LogP contribution in [-0.4, -0.2) is 0 Å². The zero-order valence-electron chi connectivity index (χ0n) is 49.6. The van der Waals surface area contributed by atoms with Gasteiger partial charge in [0.15, 0.2) is 17.3 Å². The Morgan fingerprint density at radius 1 is 0.408 bits per heavy atom. The molecule has 0 heterocycles. The third-order valence-corrected chi connectivity index (χ3v) is 13.3. The summed E-state index contributed by atoms with van der Waals surface area (Å²) in [6.07, 6.45) is 0. The second-order valence-electron chi connectivity index (χ2n) is 17.7. The zero-order valence-corrected chi connectivity index (χ0v) is 39.6. The topological polar surface area (TPSA) is 82.2 Å². The van der Waals surface area contributed by atoms with Gasteiger partial charge in [-0.15, -0.1) is 0 Å². The van der Waals surface area contributed by atoms with Crippen LogP contribution in [0.4, 0.5) is 48.6 Å². The van der Waals surface area contributed by atoms with Gasteiger partial charge in [-0.25, -0.2) is 13.6 Å². The van der Waals surface area contributed by atoms with Crippen LogP contribution in [-0.2, 0) is 0 Å². The average molecular weight is 987 g/mol. The first-order valence-corrected chi connectivity index (χ1v) is 23.6. The molecular weight excluding hydrogens is 939 g/mol. The lowest BCUT2D eigenvalue weighted by Gasteiger charge is -2.30. The third-order valence-electron chi connectivity index (χ3n) is 13.3. The highest BCUT2D eigenvalue weighted by atomic mass is 19.1. The minimum absolute atomic E-state index is 0.0229. The molecular formula is C68H38F2N6. The van der Waals surface area contributed by atoms with Crippen LogP contribution in [0.15, 0.2) is 230 Å². The molecule has 12 aromatic carbocycles. The maximum Gasteiger partial charge on any atom is 0.187 e. The van der Waals surface area contributed by atoms with Crippen molar-refractivity contribution in [3.8, 4) is 62.7 Å². The first kappa shape index (κ1) is 36.1. The smallest absolute Gasteiger partial charge is 0.187 e. The predicted molar refractivity (Wildman–Crippen MR) is 302 cm³/mol. The molecule has 76 heavy (non-hydrogen) atoms. The van der Waals surface area contributed by atoms with Crippen LogP contribution in [0.1, 0.15) is 30.4 Å². The molecule has 0 aliphatic rings. The largest absolute Gasteiger partial charge is 0.307 e. The molecule has 0 amide bonds. The molecule has 6 nitrogen and oxygen atoms in total. The molecule has 0 N–H and O–H groups in total. The van der Waals surface area contributed by atoms with Crippen molar-refractivity contribution in [2.45, 2.75) is 0 Å². The van der Waals surface area contributed by atoms with Gasteiger partial charge in [0, 0.05) is 33.3 Å². The van der Waals surface area contributed by atoms with Crippen molar-refractivity contribution < 1.29 is 22.5 Å². The van der Waals surface area contributed by atoms with E-state index in [0.29, 0.717) is 54.6 Å². The number of nitrogens with zero attached hydrogens (tertiary/aromatic N) is 6. The van der Waals surface area contributed by atoms with Crippen molar-refractivity contribution in [1.82, 2.24) is 0 Å². The Hall–Kier alpha value is -10.9. The van der Waals surface area contributed by atoms with Crippen molar-refractivity contribution in [2.24, 2.45) is 0 Å². The number of nitriles is 3. The normalized spacial score (nSPS) is 12.8. The van der Waals surface area contributed by atoms with Gasteiger partial charge in [-0.3, -0.25) is 0 Å². The van der Waals surface area contributed by atoms with Crippen LogP contribution < -0.4 is 9.80 Å². The number of benzene rings is 12. The minimum atomic E-state index is -0.905. The molecule has 12 rings (SSSR count). The quantitative estimate of drug-likeness (QED) is 0.101. The Morgan fingerprint density at radius 3 is 1.24 bits per heavy atom. The summed E-state index contributed by atoms with van der Waals surface area (Å²) in [4.78, 5) is 6.15. The van der Waals surface area contributed by atoms with Crippen molar-refractivity contribution in [2.75, 3.05) is 9.80 Å². The molecule has 8 heteroatoms. The summed E-state index contributed by atoms with van der Waals surface area (Å²) in [5, 5.41) is 32.8. The second kappa shape index (κ2) is 19.3. The van der Waals surface area contributed by atoms with Crippen molar-refractivity contribution >= 4 is 72.1 Å². The van der Waals surface area contributed by atoms with Gasteiger partial charge < -0.3 is 9.80 Å². The maximum atomic E-state index is 18.4. The summed E-state index contributed by atoms with van der Waals surface area (Å²) >= 11 is 0. The first-order valence-electron chi connectivity index (χ1n) is 28.6. The van der Waals surface area contributed by atoms with E-state index in [9.17, 15) is 21.3 Å². The van der Waals surface area contributed by atoms with Gasteiger partial charge in [0.2, 0.25) is 0 Å². The number of anilines is 6. The number of hydrogen-bond acceptors (Lipinski definition) is 5. The van der Waals surface area contributed by atoms with Crippen LogP contribution in [0.3, 0.4) is 0 Å². The monoisotopic (exact) mass is 986 g/mol. The average Bonchev–Trinajstić information content (AvgIpc) is 0.821. The van der Waals surface area contributed by atoms with E-state index in [1.165, 1.54) is 34.1 Å². The molecule has 0 radical (unpaired) electrons. The van der Waals surface area contributed by atoms with E-state index < -0.39 is 83.4 Å². The first-order chi connectivity index (χ1) is 41.5. The molecule has 0 aromatic heterocycles. The fourth-order valence-electron chi connectivity index (χ4n) is 9.95. The molecule has 0 aliphatic heterocycles. The summed E-state index contributed by atoms with van der Waals surface area (Å²) in [5.41, 5.74) is 2.01. The van der Waals surface area contributed by atoms with Crippen LogP contribution in [0.2, 0.25) is 0 Å². The Morgan fingerprint density at radius 2 is 0.803 bits per heavy atom. The lowest BCUT2D eigenvalue weighted by molar-refractivity contribution is 0.632. The lowest BCUT2D eigenvalue weighted by Crippen LogP contribution is -2.14. The summed E-state index contributed by atoms with van der Waals surface area (Å²) in [5.74, 6) is -1.81. The van der Waals surface area contributed by atoms with E-state index in [-0.39, 0.29) is 67.4 Å². The standard InChI is InChI=1S/C68H38F2N6/c1-74-54-19-11-16-49(35-54)53-37-60(51-18-10-14-45(34-51)42-73)68(70)64(39-53)76(56-22-6-3-7-23-56)62-31-27-47-24-28-57-61(30-26-46-25-29-58(62)66(47)65(46)57)75(55-20-4-2-5-21-55)63-38-52(48-15-8-12-43(32-48)40-71)36-59(67(63)69)50-17-9-13-44(33-50)41-72/h2-39H/i2D,3D,4D,5D,6D,7D,20D,21D,22D,23D. The fourth-order valence-corrected chi connectivity index (χ4v) is 9.95. The van der Waals surface area contributed by atoms with E-state index in [1.807, 2.05) is 0 Å². The van der Waals surface area contributed by atoms with E-state index in [2.05, 4.69) is 23.1 Å². The molecule has 0 fully saturated rings. The molecule has 0 saturated carbocycles. The van der Waals surface area contributed by atoms with E-state index in [4.69, 9.17) is 14.8 Å². The van der Waals surface area contributed by atoms with Gasteiger partial charge in [-0.2, -0.15) is 15.8 Å². The predicted octanol–water partition coefficient (Wildman–Crippen LogP) is 18.6. The fraction of sp³-hybridized carbons (Fsp3) is 0. The molecule has 354 valence electrons. The second-order valence-corrected chi connectivity index (χ2v) is 17.7.